The lowest BCUT2D eigenvalue weighted by atomic mass is 10.1. The van der Waals surface area contributed by atoms with E-state index < -0.39 is 114 Å². The second kappa shape index (κ2) is 54.1. The molecule has 7 aliphatic rings. The van der Waals surface area contributed by atoms with Crippen LogP contribution in [0.2, 0.25) is 0 Å². The second-order valence-corrected chi connectivity index (χ2v) is 30.8. The average molecular weight is 1850 g/mol. The molecule has 7 aliphatic heterocycles. The predicted molar refractivity (Wildman–Crippen MR) is 469 cm³/mol. The highest BCUT2D eigenvalue weighted by Gasteiger charge is 2.47. The fourth-order valence-corrected chi connectivity index (χ4v) is 14.2. The van der Waals surface area contributed by atoms with Crippen LogP contribution in [0.15, 0.2) is 84.9 Å². The van der Waals surface area contributed by atoms with E-state index in [4.69, 9.17) is 66.3 Å². The molecule has 0 aliphatic carbocycles. The van der Waals surface area contributed by atoms with Gasteiger partial charge in [-0.05, 0) is 99.9 Å². The highest BCUT2D eigenvalue weighted by atomic mass is 16.6. The highest BCUT2D eigenvalue weighted by molar-refractivity contribution is 6.08. The normalized spacial score (nSPS) is 22.0. The Morgan fingerprint density at radius 3 is 1.64 bits per heavy atom. The molecule has 132 heavy (non-hydrogen) atoms. The topological polar surface area (TPSA) is 530 Å². The first-order chi connectivity index (χ1) is 63.7. The Labute approximate surface area is 762 Å². The van der Waals surface area contributed by atoms with E-state index in [-0.39, 0.29) is 259 Å². The third kappa shape index (κ3) is 32.6. The molecule has 0 spiro atoms. The maximum absolute atomic E-state index is 14.5. The first kappa shape index (κ1) is 103. The summed E-state index contributed by atoms with van der Waals surface area (Å²) in [4.78, 5) is 193. The van der Waals surface area contributed by atoms with Gasteiger partial charge in [-0.3, -0.25) is 62.4 Å². The smallest absolute Gasteiger partial charge is 0.416 e. The number of fused-ring (bicyclic) bond motifs is 4. The molecule has 8 bridgehead atoms. The lowest BCUT2D eigenvalue weighted by Gasteiger charge is -2.31. The summed E-state index contributed by atoms with van der Waals surface area (Å²) in [6.07, 6.45) is -2.45. The van der Waals surface area contributed by atoms with Gasteiger partial charge in [0.25, 0.3) is 23.6 Å². The molecule has 43 nitrogen and oxygen atoms in total. The molecule has 0 aromatic heterocycles. The van der Waals surface area contributed by atoms with E-state index in [9.17, 15) is 77.3 Å². The Hall–Kier alpha value is -12.8. The lowest BCUT2D eigenvalue weighted by molar-refractivity contribution is -0.140. The lowest BCUT2D eigenvalue weighted by Crippen LogP contribution is -2.53. The van der Waals surface area contributed by atoms with Crippen LogP contribution in [0.3, 0.4) is 0 Å². The van der Waals surface area contributed by atoms with Crippen molar-refractivity contribution in [3.8, 4) is 34.8 Å². The Balaban J connectivity index is 0.846. The number of carboxylic acids is 1. The quantitative estimate of drug-likeness (QED) is 0.0488. The van der Waals surface area contributed by atoms with Gasteiger partial charge in [0.05, 0.1) is 161 Å². The van der Waals surface area contributed by atoms with Crippen molar-refractivity contribution in [3.05, 3.63) is 107 Å². The number of aliphatic hydroxyl groups is 1. The highest BCUT2D eigenvalue weighted by Crippen LogP contribution is 2.44. The zero-order chi connectivity index (χ0) is 94.9. The van der Waals surface area contributed by atoms with Gasteiger partial charge in [-0.1, -0.05) is 36.4 Å². The largest absolute Gasteiger partial charge is 0.493 e. The molecule has 0 saturated carbocycles. The number of amides is 13. The van der Waals surface area contributed by atoms with E-state index in [2.05, 4.69) is 66.3 Å². The summed E-state index contributed by atoms with van der Waals surface area (Å²) in [5, 5.41) is 45.4. The van der Waals surface area contributed by atoms with Crippen molar-refractivity contribution in [2.45, 2.75) is 134 Å². The predicted octanol–water partition coefficient (Wildman–Crippen LogP) is 1.97. The monoisotopic (exact) mass is 1850 g/mol. The molecular formula is C89H117N13O30. The molecule has 7 atom stereocenters. The van der Waals surface area contributed by atoms with Crippen molar-refractivity contribution in [2.24, 2.45) is 0 Å². The molecule has 4 aromatic rings. The molecule has 13 amide bonds. The van der Waals surface area contributed by atoms with Gasteiger partial charge in [-0.25, -0.2) is 14.5 Å². The number of unbranched alkanes of at least 4 members (excludes halogenated alkanes) is 1. The number of carboxylic acid groups (broad SMARTS) is 1. The Morgan fingerprint density at radius 2 is 1.08 bits per heavy atom. The number of nitrogens with zero attached hydrogens (tertiary/aromatic N) is 4. The number of hydrogen-bond donors (Lipinski definition) is 11. The fourth-order valence-electron chi connectivity index (χ4n) is 14.2. The third-order valence-corrected chi connectivity index (χ3v) is 21.0. The fraction of sp³-hybridized carbons (Fsp3) is 0.528. The first-order valence-electron chi connectivity index (χ1n) is 43.4. The van der Waals surface area contributed by atoms with Crippen LogP contribution in [-0.2, 0) is 109 Å². The number of ether oxygens (including phenoxy) is 14. The minimum absolute atomic E-state index is 0.00183. The van der Waals surface area contributed by atoms with Crippen LogP contribution >= 0.6 is 0 Å². The van der Waals surface area contributed by atoms with E-state index in [1.54, 1.807) is 41.3 Å². The van der Waals surface area contributed by atoms with E-state index in [1.165, 1.54) is 81.4 Å². The van der Waals surface area contributed by atoms with Crippen LogP contribution in [0.1, 0.15) is 110 Å². The minimum Gasteiger partial charge on any atom is -0.493 e. The van der Waals surface area contributed by atoms with Gasteiger partial charge in [0.1, 0.15) is 44.0 Å². The molecular weight excluding hydrogens is 1730 g/mol. The molecule has 4 aromatic carbocycles. The maximum atomic E-state index is 14.5. The molecule has 11 rings (SSSR count). The summed E-state index contributed by atoms with van der Waals surface area (Å²) in [5.41, 5.74) is 2.25. The Bertz CT molecular complexity index is 4700. The van der Waals surface area contributed by atoms with Gasteiger partial charge in [0, 0.05) is 101 Å². The molecule has 11 N–H and O–H groups in total. The summed E-state index contributed by atoms with van der Waals surface area (Å²) in [6, 6.07) is 11.7. The summed E-state index contributed by atoms with van der Waals surface area (Å²) in [7, 11) is 4.25. The van der Waals surface area contributed by atoms with Crippen molar-refractivity contribution in [3.63, 3.8) is 0 Å². The maximum Gasteiger partial charge on any atom is 0.416 e. The molecule has 1 unspecified atom stereocenters. The number of nitrogens with one attached hydrogen (secondary N) is 9. The molecule has 2 saturated heterocycles. The van der Waals surface area contributed by atoms with Crippen molar-refractivity contribution >= 4 is 106 Å². The summed E-state index contributed by atoms with van der Waals surface area (Å²) in [5.74, 6) is -3.37. The van der Waals surface area contributed by atoms with Gasteiger partial charge < -0.3 is 134 Å². The number of carbonyl (C=O) groups is 14. The number of methoxy groups -OCH3 is 3. The van der Waals surface area contributed by atoms with Crippen molar-refractivity contribution in [2.75, 3.05) is 193 Å². The minimum atomic E-state index is -1.66. The van der Waals surface area contributed by atoms with E-state index in [0.717, 1.165) is 4.90 Å². The molecule has 0 radical (unpaired) electrons. The van der Waals surface area contributed by atoms with Gasteiger partial charge in [0.15, 0.2) is 29.2 Å². The number of rotatable bonds is 14. The van der Waals surface area contributed by atoms with Gasteiger partial charge in [-0.15, -0.1) is 0 Å². The summed E-state index contributed by atoms with van der Waals surface area (Å²) < 4.78 is 79.1. The number of benzene rings is 4. The van der Waals surface area contributed by atoms with Crippen molar-refractivity contribution < 1.29 is 144 Å². The van der Waals surface area contributed by atoms with E-state index in [1.807, 2.05) is 0 Å². The third-order valence-electron chi connectivity index (χ3n) is 21.0. The number of hydrogen-bond acceptors (Lipinski definition) is 29. The van der Waals surface area contributed by atoms with Crippen LogP contribution in [0.4, 0.5) is 32.3 Å². The standard InChI is InChI=1S/C89H117N13O30/c1-56-45-70-87(116)102-69-50-74(72(121-6)47-65(69)86(115)100(70)51-56)130-30-10-29-129-73-49-68-64(46-71(73)120-5)85(114)99-28-9-11-63(99)52-101(68)88(117)131-53-59-15-19-62(20-16-59)96-84(113)67(48-80(108)109)98-83(112)66(12-7-8-25-90-79(107)55-128-36-35-119-4)97-78(106)24-32-123-38-42-127-44-40-125-34-27-92-76(104)22-21-75(103)91-26-33-124-39-43-126-41-37-122-31-23-77(105)93-57(2)81(110)94-58(3)82(111)95-61-17-13-60(14-18-61)54-132-89(102)118/h13-20,46-47,49-50,57-58,63,66-67,70,87,116H,1,7-12,23-45,48,51-55H2,2-6H3,(H,90,107)(H,91,103)(H,92,104)(H,93,105)(H,94,110)(H,95,111)(H,96,113)(H,97,106)(H,98,112)(H,108,109)/t57-,58-,63-,66-,67-,70-,87?/m0/s1. The van der Waals surface area contributed by atoms with Crippen LogP contribution in [0.25, 0.3) is 0 Å². The van der Waals surface area contributed by atoms with E-state index in [0.29, 0.717) is 54.8 Å². The molecule has 43 heteroatoms. The van der Waals surface area contributed by atoms with Crippen molar-refractivity contribution in [1.82, 2.24) is 47.0 Å². The zero-order valence-electron chi connectivity index (χ0n) is 74.5. The molecule has 2 fully saturated rings. The number of aliphatic hydroxyl groups excluding tert-OH is 1. The van der Waals surface area contributed by atoms with Crippen LogP contribution < -0.4 is 76.6 Å². The second-order valence-electron chi connectivity index (χ2n) is 30.8. The first-order valence-corrected chi connectivity index (χ1v) is 43.4. The van der Waals surface area contributed by atoms with Crippen LogP contribution in [0, 0.1) is 11.8 Å². The molecule has 7 heterocycles. The number of carbonyl (C=O) groups excluding carboxylic acids is 13. The SMILES string of the molecule is C=C1C[C@H]2C(O)N3C(=O)OCc4ccc(cc4)NC(=O)[C@H](C)NC(=O)[C@H](C)NC(=O)CCOCCOCCOCCNC(=O)C#CC(=O)NCCOCCOCCOCCC(=O)N[C@@H](CCCCNC(=O)COCCOC)C(=O)N[C@@H](CC(=O)O)C(=O)Nc4ccc(cc4)COC(=O)N4C[C@@H]5CCCN5C(=O)c5cc(OC)c(cc54)OCCCOc4cc3c(cc4OC)C(=O)N2C1. The Morgan fingerprint density at radius 1 is 0.553 bits per heavy atom. The van der Waals surface area contributed by atoms with Gasteiger partial charge in [0.2, 0.25) is 41.4 Å². The zero-order valence-corrected chi connectivity index (χ0v) is 74.5. The Kier molecular flexibility index (Phi) is 42.2. The summed E-state index contributed by atoms with van der Waals surface area (Å²) in [6.45, 7) is 8.77. The van der Waals surface area contributed by atoms with Crippen molar-refractivity contribution in [1.29, 1.82) is 0 Å². The molecule has 718 valence electrons. The van der Waals surface area contributed by atoms with Crippen LogP contribution in [-0.4, -0.2) is 319 Å². The van der Waals surface area contributed by atoms with E-state index >= 15 is 0 Å². The number of anilines is 4. The van der Waals surface area contributed by atoms with Gasteiger partial charge in [-0.2, -0.15) is 0 Å². The van der Waals surface area contributed by atoms with Gasteiger partial charge >= 0.3 is 18.2 Å². The number of aliphatic carboxylic acids is 1. The van der Waals surface area contributed by atoms with Crippen LogP contribution in [0.5, 0.6) is 23.0 Å². The summed E-state index contributed by atoms with van der Waals surface area (Å²) >= 11 is 0. The average Bonchev–Trinajstić information content (AvgIpc) is 1.60.